The number of amides is 2. The van der Waals surface area contributed by atoms with Gasteiger partial charge in [0.1, 0.15) is 12.2 Å². The zero-order valence-corrected chi connectivity index (χ0v) is 16.2. The van der Waals surface area contributed by atoms with Crippen molar-refractivity contribution in [1.29, 1.82) is 0 Å². The van der Waals surface area contributed by atoms with Crippen molar-refractivity contribution in [2.45, 2.75) is 51.6 Å². The number of benzene rings is 1. The predicted molar refractivity (Wildman–Crippen MR) is 100 cm³/mol. The fraction of sp³-hybridized carbons (Fsp3) is 0.600. The SMILES string of the molecule is CCNC(=O)OCC1(c2ccccc2)CCN(C(=O)OC(C)(C)C)CC1. The van der Waals surface area contributed by atoms with Crippen LogP contribution in [-0.4, -0.2) is 48.9 Å². The number of rotatable bonds is 4. The van der Waals surface area contributed by atoms with E-state index in [2.05, 4.69) is 17.4 Å². The summed E-state index contributed by atoms with van der Waals surface area (Å²) >= 11 is 0. The van der Waals surface area contributed by atoms with Crippen LogP contribution in [-0.2, 0) is 14.9 Å². The summed E-state index contributed by atoms with van der Waals surface area (Å²) in [4.78, 5) is 25.8. The molecule has 0 aromatic heterocycles. The molecule has 2 rings (SSSR count). The van der Waals surface area contributed by atoms with Gasteiger partial charge >= 0.3 is 12.2 Å². The number of piperidine rings is 1. The van der Waals surface area contributed by atoms with Crippen molar-refractivity contribution >= 4 is 12.2 Å². The van der Waals surface area contributed by atoms with Crippen molar-refractivity contribution in [2.24, 2.45) is 0 Å². The van der Waals surface area contributed by atoms with Gasteiger partial charge in [-0.2, -0.15) is 0 Å². The fourth-order valence-corrected chi connectivity index (χ4v) is 3.15. The molecule has 1 aliphatic rings. The molecule has 0 saturated carbocycles. The van der Waals surface area contributed by atoms with E-state index >= 15 is 0 Å². The van der Waals surface area contributed by atoms with Crippen LogP contribution < -0.4 is 5.32 Å². The standard InChI is InChI=1S/C20H30N2O4/c1-5-21-17(23)25-15-20(16-9-7-6-8-10-16)11-13-22(14-12-20)18(24)26-19(2,3)4/h6-10H,5,11-15H2,1-4H3,(H,21,23). The molecule has 1 saturated heterocycles. The monoisotopic (exact) mass is 362 g/mol. The third-order valence-corrected chi connectivity index (χ3v) is 4.56. The van der Waals surface area contributed by atoms with Crippen molar-refractivity contribution < 1.29 is 19.1 Å². The molecule has 0 atom stereocenters. The molecular formula is C20H30N2O4. The first kappa shape index (κ1) is 20.1. The summed E-state index contributed by atoms with van der Waals surface area (Å²) in [5.41, 5.74) is 0.338. The van der Waals surface area contributed by atoms with E-state index in [0.29, 0.717) is 26.2 Å². The minimum absolute atomic E-state index is 0.287. The van der Waals surface area contributed by atoms with Crippen molar-refractivity contribution in [1.82, 2.24) is 10.2 Å². The van der Waals surface area contributed by atoms with Gasteiger partial charge in [-0.1, -0.05) is 30.3 Å². The van der Waals surface area contributed by atoms with E-state index in [1.807, 2.05) is 45.9 Å². The lowest BCUT2D eigenvalue weighted by Gasteiger charge is -2.41. The first-order chi connectivity index (χ1) is 12.3. The number of alkyl carbamates (subject to hydrolysis) is 1. The van der Waals surface area contributed by atoms with Crippen molar-refractivity contribution in [3.05, 3.63) is 35.9 Å². The van der Waals surface area contributed by atoms with E-state index < -0.39 is 11.7 Å². The summed E-state index contributed by atoms with van der Waals surface area (Å²) in [5, 5.41) is 2.66. The van der Waals surface area contributed by atoms with Crippen LogP contribution in [0.4, 0.5) is 9.59 Å². The molecule has 1 fully saturated rings. The Labute approximate surface area is 155 Å². The number of hydrogen-bond donors (Lipinski definition) is 1. The molecule has 26 heavy (non-hydrogen) atoms. The van der Waals surface area contributed by atoms with Crippen LogP contribution in [0, 0.1) is 0 Å². The largest absolute Gasteiger partial charge is 0.449 e. The molecule has 144 valence electrons. The van der Waals surface area contributed by atoms with Gasteiger partial charge in [0.2, 0.25) is 0 Å². The smallest absolute Gasteiger partial charge is 0.410 e. The molecular weight excluding hydrogens is 332 g/mol. The number of carbonyl (C=O) groups excluding carboxylic acids is 2. The van der Waals surface area contributed by atoms with Gasteiger partial charge in [0.05, 0.1) is 0 Å². The van der Waals surface area contributed by atoms with Crippen molar-refractivity contribution in [2.75, 3.05) is 26.2 Å². The highest BCUT2D eigenvalue weighted by atomic mass is 16.6. The molecule has 0 spiro atoms. The number of hydrogen-bond acceptors (Lipinski definition) is 4. The highest BCUT2D eigenvalue weighted by molar-refractivity contribution is 5.68. The summed E-state index contributed by atoms with van der Waals surface area (Å²) in [6, 6.07) is 10.1. The van der Waals surface area contributed by atoms with E-state index in [1.165, 1.54) is 0 Å². The zero-order chi connectivity index (χ0) is 19.2. The summed E-state index contributed by atoms with van der Waals surface area (Å²) in [5.74, 6) is 0. The maximum atomic E-state index is 12.3. The Morgan fingerprint density at radius 2 is 1.77 bits per heavy atom. The molecule has 1 heterocycles. The summed E-state index contributed by atoms with van der Waals surface area (Å²) in [6.07, 6.45) is 0.742. The second kappa shape index (κ2) is 8.43. The highest BCUT2D eigenvalue weighted by Crippen LogP contribution is 2.36. The second-order valence-corrected chi connectivity index (χ2v) is 7.72. The minimum Gasteiger partial charge on any atom is -0.449 e. The Hall–Kier alpha value is -2.24. The topological polar surface area (TPSA) is 67.9 Å². The second-order valence-electron chi connectivity index (χ2n) is 7.72. The summed E-state index contributed by atoms with van der Waals surface area (Å²) < 4.78 is 10.9. The molecule has 0 radical (unpaired) electrons. The molecule has 1 aromatic rings. The normalized spacial score (nSPS) is 16.7. The van der Waals surface area contributed by atoms with E-state index in [1.54, 1.807) is 4.90 Å². The summed E-state index contributed by atoms with van der Waals surface area (Å²) in [6.45, 7) is 9.42. The Bertz CT molecular complexity index is 602. The molecule has 2 amide bonds. The van der Waals surface area contributed by atoms with Crippen LogP contribution in [0.15, 0.2) is 30.3 Å². The van der Waals surface area contributed by atoms with Gasteiger partial charge < -0.3 is 19.7 Å². The number of nitrogens with one attached hydrogen (secondary N) is 1. The number of carbonyl (C=O) groups is 2. The average molecular weight is 362 g/mol. The lowest BCUT2D eigenvalue weighted by atomic mass is 9.73. The van der Waals surface area contributed by atoms with E-state index in [-0.39, 0.29) is 11.5 Å². The van der Waals surface area contributed by atoms with E-state index in [0.717, 1.165) is 18.4 Å². The van der Waals surface area contributed by atoms with Crippen LogP contribution in [0.2, 0.25) is 0 Å². The van der Waals surface area contributed by atoms with Gasteiger partial charge in [-0.3, -0.25) is 0 Å². The quantitative estimate of drug-likeness (QED) is 0.887. The fourth-order valence-electron chi connectivity index (χ4n) is 3.15. The minimum atomic E-state index is -0.508. The molecule has 0 aliphatic carbocycles. The van der Waals surface area contributed by atoms with Crippen LogP contribution in [0.25, 0.3) is 0 Å². The molecule has 6 heteroatoms. The van der Waals surface area contributed by atoms with Gasteiger partial charge in [-0.25, -0.2) is 9.59 Å². The molecule has 6 nitrogen and oxygen atoms in total. The lowest BCUT2D eigenvalue weighted by Crippen LogP contribution is -2.49. The molecule has 1 N–H and O–H groups in total. The summed E-state index contributed by atoms with van der Waals surface area (Å²) in [7, 11) is 0. The van der Waals surface area contributed by atoms with Crippen LogP contribution in [0.3, 0.4) is 0 Å². The Kier molecular flexibility index (Phi) is 6.51. The maximum absolute atomic E-state index is 12.3. The van der Waals surface area contributed by atoms with E-state index in [9.17, 15) is 9.59 Å². The maximum Gasteiger partial charge on any atom is 0.410 e. The number of nitrogens with zero attached hydrogens (tertiary/aromatic N) is 1. The van der Waals surface area contributed by atoms with Crippen molar-refractivity contribution in [3.8, 4) is 0 Å². The third-order valence-electron chi connectivity index (χ3n) is 4.56. The highest BCUT2D eigenvalue weighted by Gasteiger charge is 2.39. The molecule has 0 unspecified atom stereocenters. The molecule has 1 aliphatic heterocycles. The van der Waals surface area contributed by atoms with Gasteiger partial charge in [0.15, 0.2) is 0 Å². The van der Waals surface area contributed by atoms with Gasteiger partial charge in [-0.15, -0.1) is 0 Å². The Morgan fingerprint density at radius 1 is 1.15 bits per heavy atom. The molecule has 0 bridgehead atoms. The Morgan fingerprint density at radius 3 is 2.31 bits per heavy atom. The Balaban J connectivity index is 2.08. The van der Waals surface area contributed by atoms with Crippen LogP contribution >= 0.6 is 0 Å². The van der Waals surface area contributed by atoms with Crippen molar-refractivity contribution in [3.63, 3.8) is 0 Å². The lowest BCUT2D eigenvalue weighted by molar-refractivity contribution is 0.0108. The van der Waals surface area contributed by atoms with Crippen LogP contribution in [0.1, 0.15) is 46.1 Å². The average Bonchev–Trinajstić information content (AvgIpc) is 2.60. The first-order valence-corrected chi connectivity index (χ1v) is 9.20. The van der Waals surface area contributed by atoms with E-state index in [4.69, 9.17) is 9.47 Å². The number of ether oxygens (including phenoxy) is 2. The van der Waals surface area contributed by atoms with Gasteiger partial charge in [0.25, 0.3) is 0 Å². The van der Waals surface area contributed by atoms with Gasteiger partial charge in [-0.05, 0) is 46.1 Å². The molecule has 1 aromatic carbocycles. The predicted octanol–water partition coefficient (Wildman–Crippen LogP) is 3.70. The third kappa shape index (κ3) is 5.38. The first-order valence-electron chi connectivity index (χ1n) is 9.20. The van der Waals surface area contributed by atoms with Gasteiger partial charge in [0, 0.05) is 25.0 Å². The zero-order valence-electron chi connectivity index (χ0n) is 16.2. The number of likely N-dealkylation sites (tertiary alicyclic amines) is 1. The van der Waals surface area contributed by atoms with Crippen LogP contribution in [0.5, 0.6) is 0 Å².